The molecule has 0 spiro atoms. The van der Waals surface area contributed by atoms with Crippen LogP contribution in [-0.2, 0) is 0 Å². The van der Waals surface area contributed by atoms with Crippen LogP contribution in [0.5, 0.6) is 57.5 Å². The predicted octanol–water partition coefficient (Wildman–Crippen LogP) is 33.5. The summed E-state index contributed by atoms with van der Waals surface area (Å²) < 4.78 is 69.6. The van der Waals surface area contributed by atoms with Crippen LogP contribution < -0.4 is 47.4 Å². The van der Waals surface area contributed by atoms with Gasteiger partial charge in [-0.15, -0.1) is 0 Å². The molecule has 0 aromatic heterocycles. The van der Waals surface area contributed by atoms with Crippen LogP contribution in [0.2, 0.25) is 0 Å². The van der Waals surface area contributed by atoms with Gasteiger partial charge < -0.3 is 47.4 Å². The maximum absolute atomic E-state index is 7.09. The number of benzene rings is 8. The Kier molecular flexibility index (Phi) is 49.0. The van der Waals surface area contributed by atoms with E-state index in [1.54, 1.807) is 0 Å². The molecule has 0 aliphatic carbocycles. The monoisotopic (exact) mass is 1640 g/mol. The van der Waals surface area contributed by atoms with Crippen LogP contribution in [0.25, 0.3) is 64.6 Å². The Bertz CT molecular complexity index is 3940. The van der Waals surface area contributed by atoms with Crippen LogP contribution in [0.1, 0.15) is 401 Å². The summed E-state index contributed by atoms with van der Waals surface area (Å²) in [6.07, 6.45) is 57.1. The molecule has 0 aliphatic rings. The Balaban J connectivity index is 1.39. The van der Waals surface area contributed by atoms with Crippen molar-refractivity contribution in [2.24, 2.45) is 0 Å². The minimum Gasteiger partial charge on any atom is -0.492 e. The van der Waals surface area contributed by atoms with Crippen molar-refractivity contribution in [2.75, 3.05) is 66.1 Å². The zero-order chi connectivity index (χ0) is 84.7. The molecule has 0 N–H and O–H groups in total. The van der Waals surface area contributed by atoms with Gasteiger partial charge in [0.05, 0.1) is 77.2 Å². The minimum absolute atomic E-state index is 0.566. The number of rotatable bonds is 70. The topological polar surface area (TPSA) is 92.3 Å². The van der Waals surface area contributed by atoms with Gasteiger partial charge in [-0.2, -0.15) is 0 Å². The second-order valence-corrected chi connectivity index (χ2v) is 34.3. The Hall–Kier alpha value is -7.56. The minimum atomic E-state index is 0.566. The molecule has 0 unspecified atom stereocenters. The average molecular weight is 1640 g/mol. The molecule has 0 saturated heterocycles. The van der Waals surface area contributed by atoms with Crippen molar-refractivity contribution in [3.05, 3.63) is 83.9 Å². The fourth-order valence-corrected chi connectivity index (χ4v) is 16.5. The zero-order valence-electron chi connectivity index (χ0n) is 77.4. The van der Waals surface area contributed by atoms with Crippen LogP contribution in [0, 0.1) is 23.7 Å². The average Bonchev–Trinajstić information content (AvgIpc) is 0.731. The zero-order valence-corrected chi connectivity index (χ0v) is 77.4. The van der Waals surface area contributed by atoms with E-state index in [0.29, 0.717) is 66.1 Å². The third-order valence-corrected chi connectivity index (χ3v) is 23.8. The van der Waals surface area contributed by atoms with E-state index in [4.69, 9.17) is 47.4 Å². The van der Waals surface area contributed by atoms with Gasteiger partial charge in [0, 0.05) is 0 Å². The molecule has 8 aromatic rings. The maximum Gasteiger partial charge on any atom is 0.161 e. The van der Waals surface area contributed by atoms with Crippen molar-refractivity contribution in [1.29, 1.82) is 0 Å². The molecule has 8 rings (SSSR count). The van der Waals surface area contributed by atoms with Crippen molar-refractivity contribution in [3.8, 4) is 81.2 Å². The van der Waals surface area contributed by atoms with Gasteiger partial charge in [0.1, 0.15) is 11.5 Å². The van der Waals surface area contributed by atoms with E-state index in [-0.39, 0.29) is 0 Å². The molecular formula is C110H162O10. The molecule has 0 fully saturated rings. The first kappa shape index (κ1) is 97.9. The number of ether oxygens (including phenoxy) is 10. The predicted molar refractivity (Wildman–Crippen MR) is 514 cm³/mol. The molecule has 10 nitrogen and oxygen atoms in total. The Labute approximate surface area is 729 Å². The van der Waals surface area contributed by atoms with Crippen molar-refractivity contribution >= 4 is 64.6 Å². The van der Waals surface area contributed by atoms with Crippen LogP contribution in [0.3, 0.4) is 0 Å². The van der Waals surface area contributed by atoms with Gasteiger partial charge in [0.2, 0.25) is 0 Å². The second-order valence-electron chi connectivity index (χ2n) is 34.3. The van der Waals surface area contributed by atoms with Crippen LogP contribution in [-0.4, -0.2) is 66.1 Å². The molecule has 0 bridgehead atoms. The van der Waals surface area contributed by atoms with E-state index in [1.807, 2.05) is 0 Å². The molecule has 8 aromatic carbocycles. The van der Waals surface area contributed by atoms with E-state index in [0.717, 1.165) is 262 Å². The summed E-state index contributed by atoms with van der Waals surface area (Å²) >= 11 is 0. The molecular weight excluding hydrogens is 1480 g/mol. The lowest BCUT2D eigenvalue weighted by Gasteiger charge is -2.20. The van der Waals surface area contributed by atoms with Gasteiger partial charge >= 0.3 is 0 Å². The summed E-state index contributed by atoms with van der Waals surface area (Å²) in [5.41, 5.74) is 1.55. The summed E-state index contributed by atoms with van der Waals surface area (Å²) in [5, 5.41) is 12.7. The van der Waals surface area contributed by atoms with Gasteiger partial charge in [-0.05, 0) is 225 Å². The van der Waals surface area contributed by atoms with Gasteiger partial charge in [-0.3, -0.25) is 0 Å². The quantitative estimate of drug-likeness (QED) is 0.0208. The standard InChI is InChI=1S/C110H162O10/c1-11-21-31-41-53-65-111-101-77-91-89(93-79-103(113-67-55-43-33-23-13-3)107(117-71-59-47-37-27-17-7)83-97(93)99-85-109(119-73-61-49-39-29-19-9)105(81-95(91)99)115-69-57-45-35-25-15-5)75-87(101)63-51-52-64-88-76-90-92(78-102(88)112-66-54-42-32-22-12-2)96-82-106(116-70-58-46-36-26-16-6)110(120-74-62-50-40-30-20-10)86-100(96)98-84-108(118-72-60-48-38-28-18-8)104(80-94(90)98)114-68-56-44-34-24-14-4/h75-86H,11-50,53-62,65-74H2,1-10H3. The maximum atomic E-state index is 7.09. The van der Waals surface area contributed by atoms with Gasteiger partial charge in [0.15, 0.2) is 46.0 Å². The largest absolute Gasteiger partial charge is 0.492 e. The first-order valence-electron chi connectivity index (χ1n) is 49.7. The fourth-order valence-electron chi connectivity index (χ4n) is 16.5. The molecule has 0 radical (unpaired) electrons. The summed E-state index contributed by atoms with van der Waals surface area (Å²) in [6, 6.07) is 27.1. The molecule has 0 amide bonds. The van der Waals surface area contributed by atoms with Crippen molar-refractivity contribution in [3.63, 3.8) is 0 Å². The molecule has 120 heavy (non-hydrogen) atoms. The normalized spacial score (nSPS) is 11.4. The highest BCUT2D eigenvalue weighted by molar-refractivity contribution is 6.28. The summed E-state index contributed by atoms with van der Waals surface area (Å²) in [5.74, 6) is 22.0. The summed E-state index contributed by atoms with van der Waals surface area (Å²) in [7, 11) is 0. The van der Waals surface area contributed by atoms with Crippen molar-refractivity contribution in [1.82, 2.24) is 0 Å². The van der Waals surface area contributed by atoms with Crippen LogP contribution in [0.15, 0.2) is 72.8 Å². The number of unbranched alkanes of at least 4 members (excludes halogenated alkanes) is 40. The molecule has 0 heterocycles. The van der Waals surface area contributed by atoms with E-state index >= 15 is 0 Å². The van der Waals surface area contributed by atoms with Gasteiger partial charge in [-0.25, -0.2) is 0 Å². The van der Waals surface area contributed by atoms with Crippen molar-refractivity contribution < 1.29 is 47.4 Å². The molecule has 662 valence electrons. The molecule has 0 atom stereocenters. The highest BCUT2D eigenvalue weighted by Gasteiger charge is 2.24. The Morgan fingerprint density at radius 1 is 0.142 bits per heavy atom. The fraction of sp³-hybridized carbons (Fsp3) is 0.636. The smallest absolute Gasteiger partial charge is 0.161 e. The van der Waals surface area contributed by atoms with Crippen LogP contribution in [0.4, 0.5) is 0 Å². The lowest BCUT2D eigenvalue weighted by Crippen LogP contribution is -2.04. The third-order valence-electron chi connectivity index (χ3n) is 23.8. The highest BCUT2D eigenvalue weighted by atomic mass is 16.5. The second kappa shape index (κ2) is 60.1. The third kappa shape index (κ3) is 33.3. The SMILES string of the molecule is CCCCCCCOc1cc2c(cc1C#CC#Cc1cc3c(cc1OCCCCCCC)c1cc(OCCCCCCC)c(OCCCCCCC)cc1c1cc(OCCCCCCC)c(OCCCCCCC)cc31)c1cc(OCCCCCCC)c(OCCCCCCC)cc1c1cc(OCCCCCCC)c(OCCCCCCC)cc21. The molecule has 0 saturated carbocycles. The van der Waals surface area contributed by atoms with E-state index in [1.165, 1.54) is 193 Å². The number of fused-ring (bicyclic) bond motifs is 12. The summed E-state index contributed by atoms with van der Waals surface area (Å²) in [6.45, 7) is 28.8. The molecule has 0 aliphatic heterocycles. The summed E-state index contributed by atoms with van der Waals surface area (Å²) in [4.78, 5) is 0. The molecule has 10 heteroatoms. The lowest BCUT2D eigenvalue weighted by atomic mass is 9.92. The van der Waals surface area contributed by atoms with E-state index in [2.05, 4.69) is 166 Å². The van der Waals surface area contributed by atoms with Crippen LogP contribution >= 0.6 is 0 Å². The first-order chi connectivity index (χ1) is 59.3. The Morgan fingerprint density at radius 3 is 0.400 bits per heavy atom. The van der Waals surface area contributed by atoms with E-state index < -0.39 is 0 Å². The van der Waals surface area contributed by atoms with Gasteiger partial charge in [-0.1, -0.05) is 326 Å². The number of hydrogen-bond acceptors (Lipinski definition) is 10. The van der Waals surface area contributed by atoms with Crippen molar-refractivity contribution in [2.45, 2.75) is 390 Å². The number of hydrogen-bond donors (Lipinski definition) is 0. The van der Waals surface area contributed by atoms with Gasteiger partial charge in [0.25, 0.3) is 0 Å². The lowest BCUT2D eigenvalue weighted by molar-refractivity contribution is 0.259. The van der Waals surface area contributed by atoms with E-state index in [9.17, 15) is 0 Å². The highest BCUT2D eigenvalue weighted by Crippen LogP contribution is 2.49. The first-order valence-corrected chi connectivity index (χ1v) is 49.7. The Morgan fingerprint density at radius 2 is 0.258 bits per heavy atom.